The molecule has 0 aromatic carbocycles. The van der Waals surface area contributed by atoms with Gasteiger partial charge in [-0.05, 0) is 27.4 Å². The predicted octanol–water partition coefficient (Wildman–Crippen LogP) is -0.334. The number of tetrazole rings is 1. The minimum atomic E-state index is -1.24. The summed E-state index contributed by atoms with van der Waals surface area (Å²) in [7, 11) is 1.66. The van der Waals surface area contributed by atoms with Gasteiger partial charge in [0.05, 0.1) is 6.07 Å². The number of rotatable bonds is 9. The zero-order chi connectivity index (χ0) is 25.8. The molecule has 1 saturated heterocycles. The van der Waals surface area contributed by atoms with Gasteiger partial charge < -0.3 is 21.1 Å². The Bertz CT molecular complexity index is 1260. The number of amides is 4. The molecule has 0 spiro atoms. The number of thioether (sulfide) groups is 2. The number of β-lactam (4-membered cyclic amide) rings is 1. The number of nitriles is 1. The van der Waals surface area contributed by atoms with Crippen LogP contribution in [0.15, 0.2) is 33.9 Å². The first kappa shape index (κ1) is 25.5. The van der Waals surface area contributed by atoms with Crippen LogP contribution >= 0.6 is 34.9 Å². The third kappa shape index (κ3) is 5.15. The van der Waals surface area contributed by atoms with E-state index in [-0.39, 0.29) is 18.0 Å². The van der Waals surface area contributed by atoms with Crippen molar-refractivity contribution in [1.29, 1.82) is 5.26 Å². The number of fused-ring (bicyclic) bond motifs is 1. The number of urea groups is 1. The van der Waals surface area contributed by atoms with Crippen LogP contribution in [0.5, 0.6) is 0 Å². The van der Waals surface area contributed by atoms with E-state index in [0.29, 0.717) is 21.4 Å². The number of aryl methyl sites for hydroxylation is 1. The summed E-state index contributed by atoms with van der Waals surface area (Å²) in [6.45, 7) is -0.239. The van der Waals surface area contributed by atoms with Crippen LogP contribution in [0.4, 0.5) is 4.79 Å². The van der Waals surface area contributed by atoms with E-state index in [4.69, 9.17) is 5.26 Å². The quantitative estimate of drug-likeness (QED) is 0.182. The van der Waals surface area contributed by atoms with E-state index in [1.807, 2.05) is 0 Å². The molecule has 2 aliphatic rings. The molecule has 0 bridgehead atoms. The van der Waals surface area contributed by atoms with E-state index in [9.17, 15) is 24.3 Å². The van der Waals surface area contributed by atoms with Gasteiger partial charge in [0.25, 0.3) is 5.91 Å². The summed E-state index contributed by atoms with van der Waals surface area (Å²) in [5.41, 5.74) is 0.433. The van der Waals surface area contributed by atoms with Gasteiger partial charge in [0, 0.05) is 23.4 Å². The average Bonchev–Trinajstić information content (AvgIpc) is 3.54. The van der Waals surface area contributed by atoms with E-state index in [1.165, 1.54) is 44.4 Å². The van der Waals surface area contributed by atoms with Crippen molar-refractivity contribution in [2.45, 2.75) is 22.6 Å². The summed E-state index contributed by atoms with van der Waals surface area (Å²) < 4.78 is 1.46. The Labute approximate surface area is 216 Å². The predicted molar refractivity (Wildman–Crippen MR) is 128 cm³/mol. The average molecular weight is 550 g/mol. The first-order valence-electron chi connectivity index (χ1n) is 10.3. The molecule has 4 amide bonds. The van der Waals surface area contributed by atoms with Crippen molar-refractivity contribution in [1.82, 2.24) is 41.1 Å². The third-order valence-corrected chi connectivity index (χ3v) is 8.57. The molecule has 3 atom stereocenters. The van der Waals surface area contributed by atoms with Gasteiger partial charge in [0.2, 0.25) is 11.1 Å². The van der Waals surface area contributed by atoms with E-state index < -0.39 is 41.3 Å². The maximum absolute atomic E-state index is 13.1. The Balaban J connectivity index is 1.46. The maximum atomic E-state index is 13.1. The SMILES string of the molecule is Cn1nnnc1SCC1=C(C(=O)O)N2C(=O)[C@@H](NC(=O)C(NC(=O)NCC#N)c3cccs3)C2SC1. The van der Waals surface area contributed by atoms with E-state index in [1.54, 1.807) is 30.6 Å². The minimum Gasteiger partial charge on any atom is -0.477 e. The number of nitrogens with one attached hydrogen (secondary N) is 3. The van der Waals surface area contributed by atoms with Crippen molar-refractivity contribution in [3.05, 3.63) is 33.7 Å². The molecule has 1 fully saturated rings. The number of aromatic nitrogens is 4. The first-order chi connectivity index (χ1) is 17.3. The number of nitrogens with zero attached hydrogens (tertiary/aromatic N) is 6. The first-order valence-corrected chi connectivity index (χ1v) is 13.2. The van der Waals surface area contributed by atoms with Crippen molar-refractivity contribution < 1.29 is 24.3 Å². The topological polar surface area (TPSA) is 195 Å². The molecule has 0 saturated carbocycles. The molecule has 4 N–H and O–H groups in total. The standard InChI is InChI=1S/C19H19N9O5S3/c1-27-19(24-25-26-27)36-8-9-7-35-16-12(15(30)28(16)13(9)17(31)32)22-14(29)11(10-3-2-6-34-10)23-18(33)21-5-4-20/h2-3,6,11-12,16H,5,7-8H2,1H3,(H,22,29)(H,31,32)(H2,21,23,33)/t11?,12-,16?/m1/s1. The number of carbonyl (C=O) groups is 4. The number of carboxylic acids is 1. The Morgan fingerprint density at radius 3 is 2.86 bits per heavy atom. The zero-order valence-electron chi connectivity index (χ0n) is 18.6. The van der Waals surface area contributed by atoms with Gasteiger partial charge in [-0.1, -0.05) is 17.8 Å². The fourth-order valence-electron chi connectivity index (χ4n) is 3.55. The lowest BCUT2D eigenvalue weighted by Crippen LogP contribution is -2.71. The molecule has 4 heterocycles. The van der Waals surface area contributed by atoms with Crippen LogP contribution in [-0.2, 0) is 21.4 Å². The molecule has 0 aliphatic carbocycles. The fourth-order valence-corrected chi connectivity index (χ4v) is 6.66. The van der Waals surface area contributed by atoms with Gasteiger partial charge in [-0.3, -0.25) is 14.5 Å². The highest BCUT2D eigenvalue weighted by molar-refractivity contribution is 8.01. The zero-order valence-corrected chi connectivity index (χ0v) is 21.0. The Morgan fingerprint density at radius 1 is 1.42 bits per heavy atom. The van der Waals surface area contributed by atoms with Crippen LogP contribution in [0, 0.1) is 11.3 Å². The van der Waals surface area contributed by atoms with E-state index >= 15 is 0 Å². The number of hydrogen-bond donors (Lipinski definition) is 4. The highest BCUT2D eigenvalue weighted by Crippen LogP contribution is 2.41. The lowest BCUT2D eigenvalue weighted by atomic mass is 10.0. The van der Waals surface area contributed by atoms with Crippen molar-refractivity contribution >= 4 is 58.7 Å². The second kappa shape index (κ2) is 11.0. The maximum Gasteiger partial charge on any atom is 0.352 e. The lowest BCUT2D eigenvalue weighted by Gasteiger charge is -2.49. The number of hydrogen-bond acceptors (Lipinski definition) is 11. The summed E-state index contributed by atoms with van der Waals surface area (Å²) >= 11 is 3.83. The van der Waals surface area contributed by atoms with Gasteiger partial charge in [0.1, 0.15) is 29.7 Å². The number of thiophene rings is 1. The monoisotopic (exact) mass is 549 g/mol. The molecule has 14 nitrogen and oxygen atoms in total. The molecule has 17 heteroatoms. The normalized spacial score (nSPS) is 19.6. The molecular formula is C19H19N9O5S3. The largest absolute Gasteiger partial charge is 0.477 e. The summed E-state index contributed by atoms with van der Waals surface area (Å²) in [5, 5.41) is 38.7. The molecule has 36 heavy (non-hydrogen) atoms. The summed E-state index contributed by atoms with van der Waals surface area (Å²) in [6, 6.07) is 2.37. The fraction of sp³-hybridized carbons (Fsp3) is 0.368. The molecule has 188 valence electrons. The van der Waals surface area contributed by atoms with Crippen LogP contribution in [0.2, 0.25) is 0 Å². The summed E-state index contributed by atoms with van der Waals surface area (Å²) in [5.74, 6) is -1.81. The molecule has 2 aliphatic heterocycles. The smallest absolute Gasteiger partial charge is 0.352 e. The van der Waals surface area contributed by atoms with Crippen LogP contribution < -0.4 is 16.0 Å². The van der Waals surface area contributed by atoms with Crippen molar-refractivity contribution in [2.24, 2.45) is 7.05 Å². The van der Waals surface area contributed by atoms with Crippen LogP contribution in [-0.4, -0.2) is 83.5 Å². The van der Waals surface area contributed by atoms with Crippen LogP contribution in [0.25, 0.3) is 0 Å². The second-order valence-electron chi connectivity index (χ2n) is 7.46. The van der Waals surface area contributed by atoms with Gasteiger partial charge in [-0.15, -0.1) is 28.2 Å². The highest BCUT2D eigenvalue weighted by Gasteiger charge is 2.54. The number of carbonyl (C=O) groups excluding carboxylic acids is 3. The molecule has 2 aromatic rings. The minimum absolute atomic E-state index is 0.110. The summed E-state index contributed by atoms with van der Waals surface area (Å²) in [6.07, 6.45) is 0. The number of aliphatic carboxylic acids is 1. The second-order valence-corrected chi connectivity index (χ2v) is 10.5. The summed E-state index contributed by atoms with van der Waals surface area (Å²) in [4.78, 5) is 51.9. The van der Waals surface area contributed by atoms with Crippen LogP contribution in [0.3, 0.4) is 0 Å². The Morgan fingerprint density at radius 2 is 2.22 bits per heavy atom. The van der Waals surface area contributed by atoms with E-state index in [0.717, 1.165) is 0 Å². The van der Waals surface area contributed by atoms with Crippen LogP contribution in [0.1, 0.15) is 10.9 Å². The molecule has 0 radical (unpaired) electrons. The number of carboxylic acid groups (broad SMARTS) is 1. The van der Waals surface area contributed by atoms with E-state index in [2.05, 4.69) is 31.5 Å². The Hall–Kier alpha value is -3.62. The van der Waals surface area contributed by atoms with Crippen molar-refractivity contribution in [3.8, 4) is 6.07 Å². The van der Waals surface area contributed by atoms with Crippen molar-refractivity contribution in [3.63, 3.8) is 0 Å². The van der Waals surface area contributed by atoms with Gasteiger partial charge in [0.15, 0.2) is 0 Å². The van der Waals surface area contributed by atoms with Gasteiger partial charge >= 0.3 is 12.0 Å². The Kier molecular flexibility index (Phi) is 7.76. The molecule has 2 unspecified atom stereocenters. The molecular weight excluding hydrogens is 530 g/mol. The molecule has 2 aromatic heterocycles. The van der Waals surface area contributed by atoms with Gasteiger partial charge in [-0.2, -0.15) is 5.26 Å². The lowest BCUT2D eigenvalue weighted by molar-refractivity contribution is -0.150. The molecule has 4 rings (SSSR count). The highest BCUT2D eigenvalue weighted by atomic mass is 32.2. The third-order valence-electron chi connectivity index (χ3n) is 5.20. The van der Waals surface area contributed by atoms with Crippen molar-refractivity contribution in [2.75, 3.05) is 18.1 Å². The van der Waals surface area contributed by atoms with Gasteiger partial charge in [-0.25, -0.2) is 14.3 Å².